The van der Waals surface area contributed by atoms with Crippen molar-refractivity contribution in [3.8, 4) is 0 Å². The van der Waals surface area contributed by atoms with E-state index in [4.69, 9.17) is 11.6 Å². The van der Waals surface area contributed by atoms with E-state index >= 15 is 0 Å². The van der Waals surface area contributed by atoms with Crippen molar-refractivity contribution in [1.29, 1.82) is 0 Å². The summed E-state index contributed by atoms with van der Waals surface area (Å²) in [6, 6.07) is 4.82. The summed E-state index contributed by atoms with van der Waals surface area (Å²) in [5.41, 5.74) is 0.590. The Morgan fingerprint density at radius 2 is 2.06 bits per heavy atom. The molecule has 0 fully saturated rings. The summed E-state index contributed by atoms with van der Waals surface area (Å²) in [6.45, 7) is 7.09. The number of hydrogen-bond acceptors (Lipinski definition) is 1. The molecular formula is C13H19ClFN. The van der Waals surface area contributed by atoms with Crippen molar-refractivity contribution in [3.05, 3.63) is 34.6 Å². The van der Waals surface area contributed by atoms with Gasteiger partial charge < -0.3 is 5.32 Å². The Labute approximate surface area is 102 Å². The first-order valence-corrected chi connectivity index (χ1v) is 6.13. The number of hydrogen-bond donors (Lipinski definition) is 1. The highest BCUT2D eigenvalue weighted by molar-refractivity contribution is 6.31. The third kappa shape index (κ3) is 3.19. The average molecular weight is 244 g/mol. The molecule has 16 heavy (non-hydrogen) atoms. The Balaban J connectivity index is 3.00. The van der Waals surface area contributed by atoms with Crippen LogP contribution in [0.3, 0.4) is 0 Å². The van der Waals surface area contributed by atoms with Gasteiger partial charge in [0.05, 0.1) is 0 Å². The molecule has 0 amide bonds. The second-order valence-electron chi connectivity index (χ2n) is 4.31. The summed E-state index contributed by atoms with van der Waals surface area (Å²) in [5.74, 6) is 0.0794. The molecule has 1 unspecified atom stereocenters. The summed E-state index contributed by atoms with van der Waals surface area (Å²) >= 11 is 6.07. The van der Waals surface area contributed by atoms with Gasteiger partial charge in [0, 0.05) is 16.6 Å². The van der Waals surface area contributed by atoms with E-state index in [0.717, 1.165) is 13.0 Å². The lowest BCUT2D eigenvalue weighted by atomic mass is 9.95. The number of rotatable bonds is 5. The Morgan fingerprint density at radius 1 is 1.38 bits per heavy atom. The fraction of sp³-hybridized carbons (Fsp3) is 0.538. The zero-order valence-corrected chi connectivity index (χ0v) is 10.8. The molecule has 0 heterocycles. The molecule has 0 saturated carbocycles. The SMILES string of the molecule is CCCNC(c1c(F)cccc1Cl)C(C)C. The van der Waals surface area contributed by atoms with Gasteiger partial charge in [-0.1, -0.05) is 38.4 Å². The quantitative estimate of drug-likeness (QED) is 0.818. The third-order valence-electron chi connectivity index (χ3n) is 2.59. The van der Waals surface area contributed by atoms with Gasteiger partial charge in [-0.15, -0.1) is 0 Å². The minimum Gasteiger partial charge on any atom is -0.310 e. The molecule has 0 aromatic heterocycles. The maximum absolute atomic E-state index is 13.8. The van der Waals surface area contributed by atoms with E-state index in [2.05, 4.69) is 26.1 Å². The maximum atomic E-state index is 13.8. The van der Waals surface area contributed by atoms with Crippen LogP contribution in [0.2, 0.25) is 5.02 Å². The van der Waals surface area contributed by atoms with Gasteiger partial charge in [0.2, 0.25) is 0 Å². The van der Waals surface area contributed by atoms with E-state index in [1.165, 1.54) is 6.07 Å². The first kappa shape index (κ1) is 13.5. The summed E-state index contributed by atoms with van der Waals surface area (Å²) < 4.78 is 13.8. The van der Waals surface area contributed by atoms with Gasteiger partial charge in [-0.3, -0.25) is 0 Å². The van der Waals surface area contributed by atoms with Crippen LogP contribution in [0.15, 0.2) is 18.2 Å². The second-order valence-corrected chi connectivity index (χ2v) is 4.72. The van der Waals surface area contributed by atoms with Crippen LogP contribution in [-0.4, -0.2) is 6.54 Å². The van der Waals surface area contributed by atoms with E-state index in [1.807, 2.05) is 0 Å². The predicted molar refractivity (Wildman–Crippen MR) is 67.3 cm³/mol. The van der Waals surface area contributed by atoms with Crippen LogP contribution in [0, 0.1) is 11.7 Å². The number of benzene rings is 1. The molecule has 0 aliphatic carbocycles. The van der Waals surface area contributed by atoms with Crippen LogP contribution in [0.4, 0.5) is 4.39 Å². The first-order valence-electron chi connectivity index (χ1n) is 5.75. The van der Waals surface area contributed by atoms with E-state index in [-0.39, 0.29) is 11.9 Å². The van der Waals surface area contributed by atoms with Gasteiger partial charge in [0.25, 0.3) is 0 Å². The van der Waals surface area contributed by atoms with Gasteiger partial charge in [-0.05, 0) is 31.0 Å². The molecule has 90 valence electrons. The molecule has 0 aliphatic rings. The van der Waals surface area contributed by atoms with Crippen molar-refractivity contribution in [2.75, 3.05) is 6.54 Å². The molecular weight excluding hydrogens is 225 g/mol. The van der Waals surface area contributed by atoms with E-state index in [1.54, 1.807) is 12.1 Å². The molecule has 0 radical (unpaired) electrons. The van der Waals surface area contributed by atoms with Gasteiger partial charge in [-0.2, -0.15) is 0 Å². The third-order valence-corrected chi connectivity index (χ3v) is 2.92. The van der Waals surface area contributed by atoms with Gasteiger partial charge >= 0.3 is 0 Å². The lowest BCUT2D eigenvalue weighted by Crippen LogP contribution is -2.27. The summed E-state index contributed by atoms with van der Waals surface area (Å²) in [4.78, 5) is 0. The summed E-state index contributed by atoms with van der Waals surface area (Å²) in [5, 5.41) is 3.84. The molecule has 1 nitrogen and oxygen atoms in total. The van der Waals surface area contributed by atoms with Crippen LogP contribution in [-0.2, 0) is 0 Å². The van der Waals surface area contributed by atoms with Crippen molar-refractivity contribution in [2.45, 2.75) is 33.2 Å². The second kappa shape index (κ2) is 6.21. The lowest BCUT2D eigenvalue weighted by Gasteiger charge is -2.24. The maximum Gasteiger partial charge on any atom is 0.129 e. The number of halogens is 2. The topological polar surface area (TPSA) is 12.0 Å². The minimum absolute atomic E-state index is 0.0198. The Bertz CT molecular complexity index is 318. The van der Waals surface area contributed by atoms with Gasteiger partial charge in [0.15, 0.2) is 0 Å². The summed E-state index contributed by atoms with van der Waals surface area (Å²) in [6.07, 6.45) is 1.02. The Hall–Kier alpha value is -0.600. The molecule has 1 N–H and O–H groups in total. The normalized spacial score (nSPS) is 13.1. The molecule has 0 saturated heterocycles. The van der Waals surface area contributed by atoms with Gasteiger partial charge in [-0.25, -0.2) is 4.39 Å². The van der Waals surface area contributed by atoms with Crippen molar-refractivity contribution in [1.82, 2.24) is 5.32 Å². The van der Waals surface area contributed by atoms with Crippen molar-refractivity contribution in [3.63, 3.8) is 0 Å². The molecule has 1 aromatic rings. The van der Waals surface area contributed by atoms with Crippen molar-refractivity contribution in [2.24, 2.45) is 5.92 Å². The molecule has 3 heteroatoms. The highest BCUT2D eigenvalue weighted by Gasteiger charge is 2.21. The van der Waals surface area contributed by atoms with Crippen LogP contribution < -0.4 is 5.32 Å². The Morgan fingerprint density at radius 3 is 2.56 bits per heavy atom. The van der Waals surface area contributed by atoms with Crippen molar-refractivity contribution >= 4 is 11.6 Å². The van der Waals surface area contributed by atoms with E-state index in [0.29, 0.717) is 16.5 Å². The van der Waals surface area contributed by atoms with Crippen LogP contribution in [0.25, 0.3) is 0 Å². The minimum atomic E-state index is -0.227. The highest BCUT2D eigenvalue weighted by Crippen LogP contribution is 2.30. The van der Waals surface area contributed by atoms with Gasteiger partial charge in [0.1, 0.15) is 5.82 Å². The fourth-order valence-corrected chi connectivity index (χ4v) is 2.06. The molecule has 0 spiro atoms. The fourth-order valence-electron chi connectivity index (χ4n) is 1.78. The first-order chi connectivity index (χ1) is 7.57. The smallest absolute Gasteiger partial charge is 0.129 e. The van der Waals surface area contributed by atoms with E-state index in [9.17, 15) is 4.39 Å². The van der Waals surface area contributed by atoms with Crippen LogP contribution >= 0.6 is 11.6 Å². The Kier molecular flexibility index (Phi) is 5.23. The average Bonchev–Trinajstić information content (AvgIpc) is 2.21. The zero-order valence-electron chi connectivity index (χ0n) is 10.1. The molecule has 0 bridgehead atoms. The monoisotopic (exact) mass is 243 g/mol. The summed E-state index contributed by atoms with van der Waals surface area (Å²) in [7, 11) is 0. The molecule has 1 rings (SSSR count). The largest absolute Gasteiger partial charge is 0.310 e. The predicted octanol–water partition coefficient (Wildman–Crippen LogP) is 4.18. The van der Waals surface area contributed by atoms with E-state index < -0.39 is 0 Å². The molecule has 1 aromatic carbocycles. The molecule has 0 aliphatic heterocycles. The zero-order chi connectivity index (χ0) is 12.1. The standard InChI is InChI=1S/C13H19ClFN/c1-4-8-16-13(9(2)3)12-10(14)6-5-7-11(12)15/h5-7,9,13,16H,4,8H2,1-3H3. The highest BCUT2D eigenvalue weighted by atomic mass is 35.5. The number of nitrogens with one attached hydrogen (secondary N) is 1. The molecule has 1 atom stereocenters. The van der Waals surface area contributed by atoms with Crippen LogP contribution in [0.5, 0.6) is 0 Å². The van der Waals surface area contributed by atoms with Crippen molar-refractivity contribution < 1.29 is 4.39 Å². The lowest BCUT2D eigenvalue weighted by molar-refractivity contribution is 0.398. The van der Waals surface area contributed by atoms with Crippen LogP contribution in [0.1, 0.15) is 38.8 Å².